The van der Waals surface area contributed by atoms with E-state index in [1.807, 2.05) is 24.3 Å². The largest absolute Gasteiger partial charge is 0.390 e. The van der Waals surface area contributed by atoms with Crippen molar-refractivity contribution in [1.29, 1.82) is 0 Å². The third-order valence-electron chi connectivity index (χ3n) is 2.73. The highest BCUT2D eigenvalue weighted by molar-refractivity contribution is 5.93. The van der Waals surface area contributed by atoms with Crippen molar-refractivity contribution in [2.75, 3.05) is 0 Å². The monoisotopic (exact) mass is 215 g/mol. The highest BCUT2D eigenvalue weighted by atomic mass is 16.3. The van der Waals surface area contributed by atoms with Crippen LogP contribution in [0, 0.1) is 11.8 Å². The number of aliphatic hydroxyl groups is 1. The van der Waals surface area contributed by atoms with E-state index in [2.05, 4.69) is 17.2 Å². The summed E-state index contributed by atoms with van der Waals surface area (Å²) >= 11 is 0. The first-order valence-corrected chi connectivity index (χ1v) is 5.21. The number of carbonyl (C=O) groups excluding carboxylic acids is 1. The summed E-state index contributed by atoms with van der Waals surface area (Å²) in [6.07, 6.45) is 0.0285. The maximum absolute atomic E-state index is 11.4. The minimum atomic E-state index is -0.556. The lowest BCUT2D eigenvalue weighted by Crippen LogP contribution is -2.32. The summed E-state index contributed by atoms with van der Waals surface area (Å²) in [4.78, 5) is 11.4. The number of nitrogens with one attached hydrogen (secondary N) is 1. The summed E-state index contributed by atoms with van der Waals surface area (Å²) in [6.45, 7) is 1.61. The molecule has 0 spiro atoms. The third kappa shape index (κ3) is 1.93. The Morgan fingerprint density at radius 3 is 3.00 bits per heavy atom. The van der Waals surface area contributed by atoms with Gasteiger partial charge in [0.05, 0.1) is 12.1 Å². The fraction of sp³-hybridized carbons (Fsp3) is 0.308. The number of amides is 1. The van der Waals surface area contributed by atoms with Gasteiger partial charge in [0.1, 0.15) is 0 Å². The predicted octanol–water partition coefficient (Wildman–Crippen LogP) is 0.784. The van der Waals surface area contributed by atoms with Crippen LogP contribution in [0.15, 0.2) is 24.3 Å². The molecule has 1 aromatic rings. The van der Waals surface area contributed by atoms with Crippen molar-refractivity contribution in [2.24, 2.45) is 0 Å². The molecule has 1 aliphatic carbocycles. The maximum atomic E-state index is 11.4. The molecule has 0 heterocycles. The normalized spacial score (nSPS) is 21.9. The summed E-state index contributed by atoms with van der Waals surface area (Å²) < 4.78 is 0. The molecule has 1 amide bonds. The number of hydrogen-bond acceptors (Lipinski definition) is 2. The van der Waals surface area contributed by atoms with Crippen LogP contribution in [0.2, 0.25) is 0 Å². The van der Waals surface area contributed by atoms with Crippen LogP contribution in [0.3, 0.4) is 0 Å². The van der Waals surface area contributed by atoms with Gasteiger partial charge in [0.25, 0.3) is 5.91 Å². The van der Waals surface area contributed by atoms with E-state index in [1.54, 1.807) is 6.92 Å². The Hall–Kier alpha value is -1.79. The van der Waals surface area contributed by atoms with Crippen molar-refractivity contribution in [3.05, 3.63) is 35.4 Å². The quantitative estimate of drug-likeness (QED) is 0.680. The molecule has 1 aromatic carbocycles. The summed E-state index contributed by atoms with van der Waals surface area (Å²) in [5.74, 6) is 4.60. The van der Waals surface area contributed by atoms with Crippen LogP contribution >= 0.6 is 0 Å². The molecule has 0 aliphatic heterocycles. The highest BCUT2D eigenvalue weighted by Crippen LogP contribution is 2.30. The smallest absolute Gasteiger partial charge is 0.296 e. The number of aliphatic hydroxyl groups excluding tert-OH is 1. The minimum absolute atomic E-state index is 0.329. The molecule has 2 atom stereocenters. The van der Waals surface area contributed by atoms with Crippen LogP contribution in [0.4, 0.5) is 0 Å². The molecule has 0 saturated heterocycles. The molecule has 3 heteroatoms. The van der Waals surface area contributed by atoms with Gasteiger partial charge in [-0.2, -0.15) is 0 Å². The van der Waals surface area contributed by atoms with Crippen LogP contribution in [-0.4, -0.2) is 17.1 Å². The van der Waals surface area contributed by atoms with Crippen molar-refractivity contribution in [3.8, 4) is 11.8 Å². The van der Waals surface area contributed by atoms with Gasteiger partial charge in [-0.1, -0.05) is 30.2 Å². The van der Waals surface area contributed by atoms with Crippen LogP contribution in [0.1, 0.15) is 24.1 Å². The summed E-state index contributed by atoms with van der Waals surface area (Å²) in [6, 6.07) is 7.40. The summed E-state index contributed by atoms with van der Waals surface area (Å²) in [7, 11) is 0. The fourth-order valence-corrected chi connectivity index (χ4v) is 2.04. The molecule has 2 rings (SSSR count). The fourth-order valence-electron chi connectivity index (χ4n) is 2.04. The molecule has 1 aliphatic rings. The molecule has 0 fully saturated rings. The zero-order chi connectivity index (χ0) is 11.5. The second kappa shape index (κ2) is 4.38. The van der Waals surface area contributed by atoms with Gasteiger partial charge >= 0.3 is 0 Å². The molecule has 0 aromatic heterocycles. The second-order valence-corrected chi connectivity index (χ2v) is 3.80. The van der Waals surface area contributed by atoms with Crippen LogP contribution in [0.5, 0.6) is 0 Å². The van der Waals surface area contributed by atoms with Gasteiger partial charge in [-0.3, -0.25) is 4.79 Å². The Morgan fingerprint density at radius 2 is 2.25 bits per heavy atom. The van der Waals surface area contributed by atoms with Crippen molar-refractivity contribution in [2.45, 2.75) is 25.5 Å². The van der Waals surface area contributed by atoms with Crippen LogP contribution < -0.4 is 5.32 Å². The standard InChI is InChI=1S/C13H13NO2/c1-2-5-12(16)14-13-10-7-4-3-6-9(10)8-11(13)15/h3-4,6-7,11,13,15H,8H2,1H3,(H,14,16)/t11-,13+/m0/s1. The lowest BCUT2D eigenvalue weighted by Gasteiger charge is -2.15. The molecular formula is C13H13NO2. The van der Waals surface area contributed by atoms with Gasteiger partial charge in [-0.25, -0.2) is 0 Å². The molecule has 0 saturated carbocycles. The number of fused-ring (bicyclic) bond motifs is 1. The Morgan fingerprint density at radius 1 is 1.50 bits per heavy atom. The van der Waals surface area contributed by atoms with E-state index in [0.29, 0.717) is 6.42 Å². The van der Waals surface area contributed by atoms with E-state index in [1.165, 1.54) is 0 Å². The molecule has 2 N–H and O–H groups in total. The van der Waals surface area contributed by atoms with E-state index in [9.17, 15) is 9.90 Å². The van der Waals surface area contributed by atoms with Crippen molar-refractivity contribution in [3.63, 3.8) is 0 Å². The Balaban J connectivity index is 2.21. The molecule has 0 bridgehead atoms. The second-order valence-electron chi connectivity index (χ2n) is 3.80. The summed E-state index contributed by atoms with van der Waals surface area (Å²) in [5.41, 5.74) is 2.08. The van der Waals surface area contributed by atoms with Crippen LogP contribution in [-0.2, 0) is 11.2 Å². The van der Waals surface area contributed by atoms with Crippen LogP contribution in [0.25, 0.3) is 0 Å². The Bertz CT molecular complexity index is 470. The average molecular weight is 215 g/mol. The number of rotatable bonds is 1. The Kier molecular flexibility index (Phi) is 2.93. The van der Waals surface area contributed by atoms with Crippen molar-refractivity contribution >= 4 is 5.91 Å². The molecule has 16 heavy (non-hydrogen) atoms. The zero-order valence-corrected chi connectivity index (χ0v) is 9.03. The van der Waals surface area contributed by atoms with Gasteiger partial charge < -0.3 is 10.4 Å². The van der Waals surface area contributed by atoms with Gasteiger partial charge in [0.15, 0.2) is 0 Å². The van der Waals surface area contributed by atoms with E-state index in [-0.39, 0.29) is 11.9 Å². The first kappa shape index (κ1) is 10.7. The lowest BCUT2D eigenvalue weighted by molar-refractivity contribution is -0.117. The molecule has 0 unspecified atom stereocenters. The van der Waals surface area contributed by atoms with E-state index in [0.717, 1.165) is 11.1 Å². The molecule has 82 valence electrons. The first-order chi connectivity index (χ1) is 7.72. The SMILES string of the molecule is CC#CC(=O)N[C@@H]1c2ccccc2C[C@@H]1O. The van der Waals surface area contributed by atoms with E-state index < -0.39 is 6.10 Å². The number of benzene rings is 1. The van der Waals surface area contributed by atoms with Gasteiger partial charge in [0, 0.05) is 6.42 Å². The minimum Gasteiger partial charge on any atom is -0.390 e. The molecule has 0 radical (unpaired) electrons. The van der Waals surface area contributed by atoms with Crippen molar-refractivity contribution in [1.82, 2.24) is 5.32 Å². The average Bonchev–Trinajstić information content (AvgIpc) is 2.56. The zero-order valence-electron chi connectivity index (χ0n) is 9.03. The predicted molar refractivity (Wildman–Crippen MR) is 60.5 cm³/mol. The van der Waals surface area contributed by atoms with Gasteiger partial charge in [-0.15, -0.1) is 0 Å². The molecule has 3 nitrogen and oxygen atoms in total. The topological polar surface area (TPSA) is 49.3 Å². The lowest BCUT2D eigenvalue weighted by atomic mass is 10.1. The van der Waals surface area contributed by atoms with Gasteiger partial charge in [-0.05, 0) is 24.0 Å². The maximum Gasteiger partial charge on any atom is 0.296 e. The summed E-state index contributed by atoms with van der Waals surface area (Å²) in [5, 5.41) is 12.6. The first-order valence-electron chi connectivity index (χ1n) is 5.21. The van der Waals surface area contributed by atoms with Crippen molar-refractivity contribution < 1.29 is 9.90 Å². The van der Waals surface area contributed by atoms with Gasteiger partial charge in [0.2, 0.25) is 0 Å². The molecular weight excluding hydrogens is 202 g/mol. The third-order valence-corrected chi connectivity index (χ3v) is 2.73. The number of carbonyl (C=O) groups is 1. The van der Waals surface area contributed by atoms with E-state index in [4.69, 9.17) is 0 Å². The Labute approximate surface area is 94.5 Å². The highest BCUT2D eigenvalue weighted by Gasteiger charge is 2.31. The number of hydrogen-bond donors (Lipinski definition) is 2. The van der Waals surface area contributed by atoms with E-state index >= 15 is 0 Å².